The number of aromatic amines is 1. The lowest BCUT2D eigenvalue weighted by Gasteiger charge is -2.12. The van der Waals surface area contributed by atoms with E-state index in [0.29, 0.717) is 0 Å². The van der Waals surface area contributed by atoms with Crippen LogP contribution in [0.2, 0.25) is 0 Å². The van der Waals surface area contributed by atoms with Gasteiger partial charge in [-0.2, -0.15) is 0 Å². The number of allylic oxidation sites excluding steroid dienone is 1. The number of benzene rings is 1. The average Bonchev–Trinajstić information content (AvgIpc) is 3.30. The summed E-state index contributed by atoms with van der Waals surface area (Å²) < 4.78 is 0. The van der Waals surface area contributed by atoms with Crippen LogP contribution in [-0.2, 0) is 0 Å². The van der Waals surface area contributed by atoms with Gasteiger partial charge in [0, 0.05) is 27.0 Å². The van der Waals surface area contributed by atoms with Gasteiger partial charge in [0.2, 0.25) is 0 Å². The molecule has 3 heteroatoms. The summed E-state index contributed by atoms with van der Waals surface area (Å²) in [4.78, 5) is 16.6. The molecule has 2 aromatic rings. The predicted octanol–water partition coefficient (Wildman–Crippen LogP) is 5.95. The molecule has 4 rings (SSSR count). The third kappa shape index (κ3) is 4.32. The van der Waals surface area contributed by atoms with Gasteiger partial charge in [-0.15, -0.1) is 11.8 Å². The largest absolute Gasteiger partial charge is 0.322 e. The molecule has 2 nitrogen and oxygen atoms in total. The standard InChI is InChI=1S/C23H27NOS/c1-16-6-15-22(24-23(16)25)21(14-7-17-4-2-3-5-17)18-8-10-19(11-9-18)26-20-12-13-20/h6,8-11,14-15,17,20H,2-5,7,12-13H2,1H3,(H,24,25). The Morgan fingerprint density at radius 2 is 1.81 bits per heavy atom. The maximum atomic E-state index is 12.1. The van der Waals surface area contributed by atoms with E-state index in [1.807, 2.05) is 30.8 Å². The van der Waals surface area contributed by atoms with Crippen LogP contribution in [-0.4, -0.2) is 10.2 Å². The van der Waals surface area contributed by atoms with E-state index < -0.39 is 0 Å². The zero-order chi connectivity index (χ0) is 17.9. The highest BCUT2D eigenvalue weighted by atomic mass is 32.2. The number of aromatic nitrogens is 1. The number of H-pyrrole nitrogens is 1. The van der Waals surface area contributed by atoms with Crippen molar-refractivity contribution < 1.29 is 0 Å². The topological polar surface area (TPSA) is 32.9 Å². The fourth-order valence-electron chi connectivity index (χ4n) is 3.71. The molecule has 2 aliphatic rings. The predicted molar refractivity (Wildman–Crippen MR) is 111 cm³/mol. The van der Waals surface area contributed by atoms with Crippen molar-refractivity contribution in [1.29, 1.82) is 0 Å². The molecule has 1 N–H and O–H groups in total. The van der Waals surface area contributed by atoms with Crippen LogP contribution in [0.25, 0.3) is 5.57 Å². The molecule has 2 fully saturated rings. The first kappa shape index (κ1) is 17.7. The Morgan fingerprint density at radius 3 is 2.46 bits per heavy atom. The van der Waals surface area contributed by atoms with Gasteiger partial charge in [0.25, 0.3) is 5.56 Å². The minimum absolute atomic E-state index is 0.00942. The van der Waals surface area contributed by atoms with Crippen LogP contribution in [0.3, 0.4) is 0 Å². The maximum Gasteiger partial charge on any atom is 0.251 e. The third-order valence-electron chi connectivity index (χ3n) is 5.52. The quantitative estimate of drug-likeness (QED) is 0.686. The van der Waals surface area contributed by atoms with Crippen molar-refractivity contribution in [3.05, 3.63) is 69.6 Å². The summed E-state index contributed by atoms with van der Waals surface area (Å²) >= 11 is 1.99. The molecular weight excluding hydrogens is 338 g/mol. The Kier molecular flexibility index (Phi) is 5.35. The van der Waals surface area contributed by atoms with Crippen molar-refractivity contribution >= 4 is 17.3 Å². The second-order valence-corrected chi connectivity index (χ2v) is 9.10. The molecule has 0 aliphatic heterocycles. The lowest BCUT2D eigenvalue weighted by atomic mass is 9.96. The summed E-state index contributed by atoms with van der Waals surface area (Å²) in [5.41, 5.74) is 4.07. The number of aryl methyl sites for hydroxylation is 1. The molecule has 0 bridgehead atoms. The number of rotatable bonds is 6. The van der Waals surface area contributed by atoms with E-state index in [2.05, 4.69) is 35.3 Å². The molecule has 136 valence electrons. The maximum absolute atomic E-state index is 12.1. The highest BCUT2D eigenvalue weighted by Crippen LogP contribution is 2.39. The fraction of sp³-hybridized carbons (Fsp3) is 0.435. The third-order valence-corrected chi connectivity index (χ3v) is 6.87. The van der Waals surface area contributed by atoms with E-state index in [1.165, 1.54) is 49.0 Å². The van der Waals surface area contributed by atoms with Gasteiger partial charge in [-0.3, -0.25) is 4.79 Å². The van der Waals surface area contributed by atoms with Crippen molar-refractivity contribution in [1.82, 2.24) is 4.98 Å². The Morgan fingerprint density at radius 1 is 1.08 bits per heavy atom. The highest BCUT2D eigenvalue weighted by Gasteiger charge is 2.22. The molecule has 0 atom stereocenters. The number of pyridine rings is 1. The van der Waals surface area contributed by atoms with E-state index in [9.17, 15) is 4.79 Å². The first-order chi connectivity index (χ1) is 12.7. The Bertz CT molecular complexity index is 839. The van der Waals surface area contributed by atoms with E-state index in [-0.39, 0.29) is 5.56 Å². The van der Waals surface area contributed by atoms with Crippen LogP contribution in [0.1, 0.15) is 61.8 Å². The smallest absolute Gasteiger partial charge is 0.251 e. The molecule has 0 amide bonds. The van der Waals surface area contributed by atoms with Crippen LogP contribution in [0, 0.1) is 12.8 Å². The Balaban J connectivity index is 1.63. The summed E-state index contributed by atoms with van der Waals surface area (Å²) in [6, 6.07) is 12.9. The lowest BCUT2D eigenvalue weighted by Crippen LogP contribution is -2.11. The molecule has 0 unspecified atom stereocenters. The fourth-order valence-corrected chi connectivity index (χ4v) is 4.76. The number of hydrogen-bond donors (Lipinski definition) is 1. The molecule has 1 heterocycles. The van der Waals surface area contributed by atoms with Crippen molar-refractivity contribution in [2.75, 3.05) is 0 Å². The molecule has 2 saturated carbocycles. The highest BCUT2D eigenvalue weighted by molar-refractivity contribution is 8.00. The van der Waals surface area contributed by atoms with Crippen LogP contribution in [0.15, 0.2) is 52.2 Å². The van der Waals surface area contributed by atoms with Crippen LogP contribution in [0.4, 0.5) is 0 Å². The second-order valence-electron chi connectivity index (χ2n) is 7.73. The van der Waals surface area contributed by atoms with Gasteiger partial charge < -0.3 is 4.98 Å². The monoisotopic (exact) mass is 365 g/mol. The number of nitrogens with one attached hydrogen (secondary N) is 1. The molecule has 0 spiro atoms. The molecule has 1 aromatic carbocycles. The molecule has 2 aliphatic carbocycles. The minimum Gasteiger partial charge on any atom is -0.322 e. The van der Waals surface area contributed by atoms with Gasteiger partial charge in [-0.25, -0.2) is 0 Å². The van der Waals surface area contributed by atoms with Crippen molar-refractivity contribution in [3.8, 4) is 0 Å². The van der Waals surface area contributed by atoms with Crippen molar-refractivity contribution in [3.63, 3.8) is 0 Å². The second kappa shape index (κ2) is 7.87. The van der Waals surface area contributed by atoms with Gasteiger partial charge in [-0.1, -0.05) is 50.0 Å². The van der Waals surface area contributed by atoms with Gasteiger partial charge in [-0.05, 0) is 55.9 Å². The molecule has 0 saturated heterocycles. The summed E-state index contributed by atoms with van der Waals surface area (Å²) in [7, 11) is 0. The zero-order valence-electron chi connectivity index (χ0n) is 15.5. The molecular formula is C23H27NOS. The summed E-state index contributed by atoms with van der Waals surface area (Å²) in [6.07, 6.45) is 11.6. The Hall–Kier alpha value is -1.74. The van der Waals surface area contributed by atoms with Gasteiger partial charge >= 0.3 is 0 Å². The number of hydrogen-bond acceptors (Lipinski definition) is 2. The number of thioether (sulfide) groups is 1. The summed E-state index contributed by atoms with van der Waals surface area (Å²) in [5, 5.41) is 0.826. The average molecular weight is 366 g/mol. The van der Waals surface area contributed by atoms with Crippen molar-refractivity contribution in [2.24, 2.45) is 5.92 Å². The molecule has 0 radical (unpaired) electrons. The van der Waals surface area contributed by atoms with Gasteiger partial charge in [0.1, 0.15) is 0 Å². The van der Waals surface area contributed by atoms with E-state index in [1.54, 1.807) is 0 Å². The van der Waals surface area contributed by atoms with Gasteiger partial charge in [0.05, 0.1) is 0 Å². The minimum atomic E-state index is 0.00942. The summed E-state index contributed by atoms with van der Waals surface area (Å²) in [5.74, 6) is 0.798. The zero-order valence-corrected chi connectivity index (χ0v) is 16.3. The van der Waals surface area contributed by atoms with Crippen LogP contribution in [0.5, 0.6) is 0 Å². The first-order valence-electron chi connectivity index (χ1n) is 9.86. The van der Waals surface area contributed by atoms with E-state index in [0.717, 1.165) is 34.4 Å². The van der Waals surface area contributed by atoms with E-state index >= 15 is 0 Å². The lowest BCUT2D eigenvalue weighted by molar-refractivity contribution is 0.558. The molecule has 26 heavy (non-hydrogen) atoms. The van der Waals surface area contributed by atoms with Crippen molar-refractivity contribution in [2.45, 2.75) is 62.0 Å². The van der Waals surface area contributed by atoms with E-state index in [4.69, 9.17) is 0 Å². The van der Waals surface area contributed by atoms with Gasteiger partial charge in [0.15, 0.2) is 0 Å². The Labute approximate surface area is 160 Å². The summed E-state index contributed by atoms with van der Waals surface area (Å²) in [6.45, 7) is 1.86. The van der Waals surface area contributed by atoms with Crippen LogP contribution < -0.4 is 5.56 Å². The SMILES string of the molecule is Cc1ccc(C(=CCC2CCCC2)c2ccc(SC3CC3)cc2)[nH]c1=O. The first-order valence-corrected chi connectivity index (χ1v) is 10.7. The molecule has 1 aromatic heterocycles. The van der Waals surface area contributed by atoms with Crippen LogP contribution >= 0.6 is 11.8 Å². The normalized spacial score (nSPS) is 18.4.